The Morgan fingerprint density at radius 3 is 3.00 bits per heavy atom. The summed E-state index contributed by atoms with van der Waals surface area (Å²) in [7, 11) is 0. The second-order valence-corrected chi connectivity index (χ2v) is 3.86. The Kier molecular flexibility index (Phi) is 3.04. The monoisotopic (exact) mass is 208 g/mol. The Morgan fingerprint density at radius 1 is 1.36 bits per heavy atom. The van der Waals surface area contributed by atoms with E-state index < -0.39 is 0 Å². The number of halogens is 1. The van der Waals surface area contributed by atoms with Gasteiger partial charge in [0.2, 0.25) is 0 Å². The van der Waals surface area contributed by atoms with E-state index in [9.17, 15) is 0 Å². The maximum absolute atomic E-state index is 5.80. The molecule has 1 heterocycles. The van der Waals surface area contributed by atoms with E-state index in [1.807, 2.05) is 12.1 Å². The fraction of sp³-hybridized carbons (Fsp3) is 0.364. The summed E-state index contributed by atoms with van der Waals surface area (Å²) in [4.78, 5) is 4.20. The first-order valence-corrected chi connectivity index (χ1v) is 5.26. The van der Waals surface area contributed by atoms with Crippen LogP contribution in [0.5, 0.6) is 0 Å². The van der Waals surface area contributed by atoms with Gasteiger partial charge in [0.15, 0.2) is 0 Å². The number of pyridine rings is 1. The summed E-state index contributed by atoms with van der Waals surface area (Å²) in [6, 6.07) is 6.15. The summed E-state index contributed by atoms with van der Waals surface area (Å²) in [5.41, 5.74) is 0. The van der Waals surface area contributed by atoms with Gasteiger partial charge in [0.1, 0.15) is 11.0 Å². The highest BCUT2D eigenvalue weighted by atomic mass is 35.5. The standard InChI is InChI=1S/C11H13ClN2/c12-10-7-4-8-11(14-10)13-9-5-2-1-3-6-9/h1-2,4,7-9H,3,5-6H2,(H,13,14). The van der Waals surface area contributed by atoms with E-state index >= 15 is 0 Å². The van der Waals surface area contributed by atoms with Crippen LogP contribution in [0.15, 0.2) is 30.4 Å². The van der Waals surface area contributed by atoms with Gasteiger partial charge in [-0.2, -0.15) is 0 Å². The second kappa shape index (κ2) is 4.47. The lowest BCUT2D eigenvalue weighted by atomic mass is 10.0. The quantitative estimate of drug-likeness (QED) is 0.596. The van der Waals surface area contributed by atoms with Gasteiger partial charge in [-0.05, 0) is 31.4 Å². The van der Waals surface area contributed by atoms with Crippen molar-refractivity contribution in [2.75, 3.05) is 5.32 Å². The van der Waals surface area contributed by atoms with Crippen LogP contribution in [-0.4, -0.2) is 11.0 Å². The molecule has 0 aromatic carbocycles. The third-order valence-electron chi connectivity index (χ3n) is 2.34. The highest BCUT2D eigenvalue weighted by Gasteiger charge is 2.09. The van der Waals surface area contributed by atoms with E-state index in [1.54, 1.807) is 6.07 Å². The van der Waals surface area contributed by atoms with Crippen LogP contribution >= 0.6 is 11.6 Å². The van der Waals surface area contributed by atoms with Crippen molar-refractivity contribution >= 4 is 17.4 Å². The minimum absolute atomic E-state index is 0.506. The normalized spacial score (nSPS) is 20.8. The summed E-state index contributed by atoms with van der Waals surface area (Å²) in [5.74, 6) is 0.873. The molecule has 1 unspecified atom stereocenters. The molecule has 14 heavy (non-hydrogen) atoms. The minimum Gasteiger partial charge on any atom is -0.367 e. The molecule has 0 fully saturated rings. The van der Waals surface area contributed by atoms with Gasteiger partial charge in [0, 0.05) is 6.04 Å². The lowest BCUT2D eigenvalue weighted by molar-refractivity contribution is 0.642. The van der Waals surface area contributed by atoms with Crippen LogP contribution in [0.1, 0.15) is 19.3 Å². The van der Waals surface area contributed by atoms with E-state index in [0.717, 1.165) is 18.7 Å². The fourth-order valence-corrected chi connectivity index (χ4v) is 1.79. The topological polar surface area (TPSA) is 24.9 Å². The molecule has 0 saturated heterocycles. The molecule has 1 atom stereocenters. The van der Waals surface area contributed by atoms with Gasteiger partial charge in [0.05, 0.1) is 0 Å². The molecular formula is C11H13ClN2. The summed E-state index contributed by atoms with van der Waals surface area (Å²) in [6.07, 6.45) is 7.84. The summed E-state index contributed by atoms with van der Waals surface area (Å²) < 4.78 is 0. The Labute approximate surface area is 89.0 Å². The number of nitrogens with one attached hydrogen (secondary N) is 1. The molecule has 2 rings (SSSR count). The highest BCUT2D eigenvalue weighted by Crippen LogP contribution is 2.16. The van der Waals surface area contributed by atoms with Crippen molar-refractivity contribution in [2.45, 2.75) is 25.3 Å². The van der Waals surface area contributed by atoms with Crippen molar-refractivity contribution in [1.29, 1.82) is 0 Å². The number of hydrogen-bond donors (Lipinski definition) is 1. The third kappa shape index (κ3) is 2.48. The average molecular weight is 209 g/mol. The maximum Gasteiger partial charge on any atom is 0.131 e. The first-order chi connectivity index (χ1) is 6.84. The van der Waals surface area contributed by atoms with Crippen LogP contribution in [-0.2, 0) is 0 Å². The number of aromatic nitrogens is 1. The van der Waals surface area contributed by atoms with Crippen LogP contribution in [0.25, 0.3) is 0 Å². The van der Waals surface area contributed by atoms with Crippen molar-refractivity contribution in [3.63, 3.8) is 0 Å². The second-order valence-electron chi connectivity index (χ2n) is 3.47. The number of anilines is 1. The van der Waals surface area contributed by atoms with Crippen LogP contribution in [0.3, 0.4) is 0 Å². The molecule has 0 spiro atoms. The summed E-state index contributed by atoms with van der Waals surface area (Å²) >= 11 is 5.80. The van der Waals surface area contributed by atoms with Crippen molar-refractivity contribution < 1.29 is 0 Å². The van der Waals surface area contributed by atoms with Crippen LogP contribution in [0.2, 0.25) is 5.15 Å². The molecule has 0 amide bonds. The smallest absolute Gasteiger partial charge is 0.131 e. The van der Waals surface area contributed by atoms with Crippen molar-refractivity contribution in [2.24, 2.45) is 0 Å². The number of nitrogens with zero attached hydrogens (tertiary/aromatic N) is 1. The molecular weight excluding hydrogens is 196 g/mol. The number of allylic oxidation sites excluding steroid dienone is 1. The maximum atomic E-state index is 5.80. The molecule has 74 valence electrons. The molecule has 1 aliphatic rings. The van der Waals surface area contributed by atoms with Gasteiger partial charge in [-0.25, -0.2) is 4.98 Å². The third-order valence-corrected chi connectivity index (χ3v) is 2.55. The van der Waals surface area contributed by atoms with E-state index in [4.69, 9.17) is 11.6 Å². The molecule has 0 aliphatic heterocycles. The Morgan fingerprint density at radius 2 is 2.29 bits per heavy atom. The fourth-order valence-electron chi connectivity index (χ4n) is 1.62. The first kappa shape index (κ1) is 9.53. The molecule has 3 heteroatoms. The molecule has 1 aromatic rings. The molecule has 1 N–H and O–H groups in total. The molecule has 1 aromatic heterocycles. The van der Waals surface area contributed by atoms with Crippen LogP contribution < -0.4 is 5.32 Å². The lowest BCUT2D eigenvalue weighted by Gasteiger charge is -2.19. The van der Waals surface area contributed by atoms with E-state index in [-0.39, 0.29) is 0 Å². The van der Waals surface area contributed by atoms with E-state index in [0.29, 0.717) is 11.2 Å². The SMILES string of the molecule is Clc1cccc(NC2CC=CCC2)n1. The van der Waals surface area contributed by atoms with Gasteiger partial charge in [-0.3, -0.25) is 0 Å². The van der Waals surface area contributed by atoms with E-state index in [2.05, 4.69) is 22.5 Å². The zero-order chi connectivity index (χ0) is 9.80. The van der Waals surface area contributed by atoms with Crippen LogP contribution in [0.4, 0.5) is 5.82 Å². The predicted octanol–water partition coefficient (Wildman–Crippen LogP) is 3.26. The average Bonchev–Trinajstić information content (AvgIpc) is 2.19. The predicted molar refractivity (Wildman–Crippen MR) is 59.6 cm³/mol. The molecule has 1 aliphatic carbocycles. The van der Waals surface area contributed by atoms with Gasteiger partial charge < -0.3 is 5.32 Å². The summed E-state index contributed by atoms with van der Waals surface area (Å²) in [6.45, 7) is 0. The van der Waals surface area contributed by atoms with Gasteiger partial charge in [-0.15, -0.1) is 0 Å². The molecule has 0 bridgehead atoms. The molecule has 0 saturated carbocycles. The van der Waals surface area contributed by atoms with Crippen molar-refractivity contribution in [3.05, 3.63) is 35.5 Å². The van der Waals surface area contributed by atoms with Gasteiger partial charge in [0.25, 0.3) is 0 Å². The largest absolute Gasteiger partial charge is 0.367 e. The minimum atomic E-state index is 0.506. The number of rotatable bonds is 2. The zero-order valence-electron chi connectivity index (χ0n) is 7.91. The Balaban J connectivity index is 1.99. The van der Waals surface area contributed by atoms with Gasteiger partial charge >= 0.3 is 0 Å². The summed E-state index contributed by atoms with van der Waals surface area (Å²) in [5, 5.41) is 3.92. The Hall–Kier alpha value is -1.02. The van der Waals surface area contributed by atoms with Gasteiger partial charge in [-0.1, -0.05) is 29.8 Å². The first-order valence-electron chi connectivity index (χ1n) is 4.89. The molecule has 0 radical (unpaired) electrons. The lowest BCUT2D eigenvalue weighted by Crippen LogP contribution is -2.20. The van der Waals surface area contributed by atoms with Crippen molar-refractivity contribution in [3.8, 4) is 0 Å². The van der Waals surface area contributed by atoms with Crippen LogP contribution in [0, 0.1) is 0 Å². The van der Waals surface area contributed by atoms with Crippen molar-refractivity contribution in [1.82, 2.24) is 4.98 Å². The molecule has 2 nitrogen and oxygen atoms in total. The highest BCUT2D eigenvalue weighted by molar-refractivity contribution is 6.29. The zero-order valence-corrected chi connectivity index (χ0v) is 8.67. The Bertz CT molecular complexity index is 336. The number of hydrogen-bond acceptors (Lipinski definition) is 2. The van der Waals surface area contributed by atoms with E-state index in [1.165, 1.54) is 6.42 Å².